The van der Waals surface area contributed by atoms with Crippen molar-refractivity contribution in [2.75, 3.05) is 0 Å². The molecule has 1 saturated carbocycles. The molecule has 0 amide bonds. The van der Waals surface area contributed by atoms with Gasteiger partial charge in [-0.05, 0) is 54.5 Å². The highest BCUT2D eigenvalue weighted by atomic mass is 19.2. The molecule has 142 valence electrons. The van der Waals surface area contributed by atoms with Gasteiger partial charge in [0, 0.05) is 5.39 Å². The van der Waals surface area contributed by atoms with Gasteiger partial charge in [-0.25, -0.2) is 13.2 Å². The van der Waals surface area contributed by atoms with Crippen molar-refractivity contribution in [3.63, 3.8) is 0 Å². The second-order valence-corrected chi connectivity index (χ2v) is 7.89. The molecule has 0 radical (unpaired) electrons. The lowest BCUT2D eigenvalue weighted by atomic mass is 9.76. The predicted molar refractivity (Wildman–Crippen MR) is 102 cm³/mol. The molecule has 0 saturated heterocycles. The zero-order chi connectivity index (χ0) is 18.5. The Balaban J connectivity index is 1.58. The second kappa shape index (κ2) is 8.92. The summed E-state index contributed by atoms with van der Waals surface area (Å²) in [7, 11) is 0. The molecule has 0 unspecified atom stereocenters. The molecule has 1 aliphatic carbocycles. The molecule has 26 heavy (non-hydrogen) atoms. The third-order valence-corrected chi connectivity index (χ3v) is 6.03. The van der Waals surface area contributed by atoms with Gasteiger partial charge in [0.2, 0.25) is 0 Å². The molecule has 0 spiro atoms. The fraction of sp³-hybridized carbons (Fsp3) is 0.565. The van der Waals surface area contributed by atoms with Crippen LogP contribution in [0.15, 0.2) is 24.3 Å². The van der Waals surface area contributed by atoms with Crippen molar-refractivity contribution in [3.05, 3.63) is 47.3 Å². The predicted octanol–water partition coefficient (Wildman–Crippen LogP) is 7.89. The molecule has 1 aliphatic rings. The standard InChI is InChI=1S/C23H29F3/c1-2-3-4-5-6-7-16-8-10-17(11-9-16)18-12-13-20-19(14-18)15-21(24)23(26)22(20)25/h12-17H,2-11H2,1H3. The lowest BCUT2D eigenvalue weighted by Crippen LogP contribution is -2.13. The van der Waals surface area contributed by atoms with Crippen molar-refractivity contribution in [1.82, 2.24) is 0 Å². The van der Waals surface area contributed by atoms with Crippen LogP contribution in [0.25, 0.3) is 10.8 Å². The first-order valence-electron chi connectivity index (χ1n) is 10.2. The van der Waals surface area contributed by atoms with Gasteiger partial charge in [-0.2, -0.15) is 0 Å². The number of fused-ring (bicyclic) bond motifs is 1. The van der Waals surface area contributed by atoms with E-state index < -0.39 is 17.5 Å². The number of rotatable bonds is 7. The Bertz CT molecular complexity index is 730. The van der Waals surface area contributed by atoms with Gasteiger partial charge < -0.3 is 0 Å². The number of unbranched alkanes of at least 4 members (excludes halogenated alkanes) is 4. The van der Waals surface area contributed by atoms with Gasteiger partial charge in [0.05, 0.1) is 0 Å². The normalized spacial score (nSPS) is 20.6. The Morgan fingerprint density at radius 3 is 2.31 bits per heavy atom. The van der Waals surface area contributed by atoms with E-state index in [9.17, 15) is 13.2 Å². The molecule has 0 aromatic heterocycles. The summed E-state index contributed by atoms with van der Waals surface area (Å²) < 4.78 is 40.8. The molecular formula is C23H29F3. The summed E-state index contributed by atoms with van der Waals surface area (Å²) in [5, 5.41) is 0.616. The van der Waals surface area contributed by atoms with Gasteiger partial charge in [-0.15, -0.1) is 0 Å². The van der Waals surface area contributed by atoms with Crippen LogP contribution in [0.4, 0.5) is 13.2 Å². The summed E-state index contributed by atoms with van der Waals surface area (Å²) in [6.45, 7) is 2.24. The van der Waals surface area contributed by atoms with Gasteiger partial charge in [0.15, 0.2) is 17.5 Å². The Labute approximate surface area is 154 Å². The summed E-state index contributed by atoms with van der Waals surface area (Å²) >= 11 is 0. The first-order chi connectivity index (χ1) is 12.6. The molecule has 2 aromatic carbocycles. The van der Waals surface area contributed by atoms with Crippen LogP contribution in [0.1, 0.15) is 82.6 Å². The molecule has 0 bridgehead atoms. The second-order valence-electron chi connectivity index (χ2n) is 7.89. The van der Waals surface area contributed by atoms with Crippen molar-refractivity contribution in [1.29, 1.82) is 0 Å². The lowest BCUT2D eigenvalue weighted by Gasteiger charge is -2.29. The van der Waals surface area contributed by atoms with E-state index in [2.05, 4.69) is 6.92 Å². The summed E-state index contributed by atoms with van der Waals surface area (Å²) in [6.07, 6.45) is 12.8. The molecule has 0 atom stereocenters. The molecule has 2 aromatic rings. The molecule has 0 heterocycles. The van der Waals surface area contributed by atoms with Gasteiger partial charge in [-0.1, -0.05) is 63.6 Å². The average Bonchev–Trinajstić information content (AvgIpc) is 2.66. The van der Waals surface area contributed by atoms with Crippen LogP contribution in [0, 0.1) is 23.4 Å². The molecule has 0 N–H and O–H groups in total. The molecule has 3 rings (SSSR count). The van der Waals surface area contributed by atoms with Crippen LogP contribution in [-0.4, -0.2) is 0 Å². The van der Waals surface area contributed by atoms with Crippen molar-refractivity contribution in [2.45, 2.75) is 77.0 Å². The number of benzene rings is 2. The Morgan fingerprint density at radius 1 is 0.846 bits per heavy atom. The van der Waals surface area contributed by atoms with Crippen molar-refractivity contribution >= 4 is 10.8 Å². The van der Waals surface area contributed by atoms with E-state index in [1.807, 2.05) is 12.1 Å². The smallest absolute Gasteiger partial charge is 0.195 e. The highest BCUT2D eigenvalue weighted by Gasteiger charge is 2.23. The minimum Gasteiger partial charge on any atom is -0.204 e. The van der Waals surface area contributed by atoms with E-state index in [1.165, 1.54) is 51.4 Å². The SMILES string of the molecule is CCCCCCCC1CCC(c2ccc3c(F)c(F)c(F)cc3c2)CC1. The third-order valence-electron chi connectivity index (χ3n) is 6.03. The monoisotopic (exact) mass is 362 g/mol. The fourth-order valence-electron chi connectivity index (χ4n) is 4.40. The van der Waals surface area contributed by atoms with Gasteiger partial charge in [0.25, 0.3) is 0 Å². The number of halogens is 3. The first-order valence-corrected chi connectivity index (χ1v) is 10.2. The zero-order valence-corrected chi connectivity index (χ0v) is 15.7. The fourth-order valence-corrected chi connectivity index (χ4v) is 4.40. The van der Waals surface area contributed by atoms with Crippen molar-refractivity contribution < 1.29 is 13.2 Å². The van der Waals surface area contributed by atoms with Crippen molar-refractivity contribution in [2.24, 2.45) is 5.92 Å². The summed E-state index contributed by atoms with van der Waals surface area (Å²) in [5.41, 5.74) is 1.13. The maximum atomic E-state index is 13.9. The molecule has 3 heteroatoms. The molecule has 0 aliphatic heterocycles. The molecule has 1 fully saturated rings. The maximum absolute atomic E-state index is 13.9. The average molecular weight is 362 g/mol. The van der Waals surface area contributed by atoms with Crippen molar-refractivity contribution in [3.8, 4) is 0 Å². The Kier molecular flexibility index (Phi) is 6.61. The van der Waals surface area contributed by atoms with E-state index in [4.69, 9.17) is 0 Å². The first kappa shape index (κ1) is 19.3. The third kappa shape index (κ3) is 4.42. The zero-order valence-electron chi connectivity index (χ0n) is 15.7. The van der Waals surface area contributed by atoms with Gasteiger partial charge in [0.1, 0.15) is 0 Å². The van der Waals surface area contributed by atoms with E-state index in [1.54, 1.807) is 6.07 Å². The van der Waals surface area contributed by atoms with Gasteiger partial charge in [-0.3, -0.25) is 0 Å². The van der Waals surface area contributed by atoms with E-state index in [-0.39, 0.29) is 5.39 Å². The minimum atomic E-state index is -1.38. The van der Waals surface area contributed by atoms with Crippen LogP contribution >= 0.6 is 0 Å². The summed E-state index contributed by atoms with van der Waals surface area (Å²) in [5.74, 6) is -2.30. The quantitative estimate of drug-likeness (QED) is 0.347. The van der Waals surface area contributed by atoms with Crippen LogP contribution < -0.4 is 0 Å². The van der Waals surface area contributed by atoms with Crippen LogP contribution in [0.5, 0.6) is 0 Å². The topological polar surface area (TPSA) is 0 Å². The number of hydrogen-bond donors (Lipinski definition) is 0. The number of hydrogen-bond acceptors (Lipinski definition) is 0. The van der Waals surface area contributed by atoms with E-state index >= 15 is 0 Å². The van der Waals surface area contributed by atoms with Crippen LogP contribution in [-0.2, 0) is 0 Å². The highest BCUT2D eigenvalue weighted by molar-refractivity contribution is 5.84. The Hall–Kier alpha value is -1.51. The highest BCUT2D eigenvalue weighted by Crippen LogP contribution is 2.39. The lowest BCUT2D eigenvalue weighted by molar-refractivity contribution is 0.302. The molecular weight excluding hydrogens is 333 g/mol. The summed E-state index contributed by atoms with van der Waals surface area (Å²) in [6, 6.07) is 6.44. The maximum Gasteiger partial charge on any atom is 0.195 e. The van der Waals surface area contributed by atoms with E-state index in [0.717, 1.165) is 30.4 Å². The largest absolute Gasteiger partial charge is 0.204 e. The molecule has 0 nitrogen and oxygen atoms in total. The van der Waals surface area contributed by atoms with E-state index in [0.29, 0.717) is 11.3 Å². The van der Waals surface area contributed by atoms with Crippen LogP contribution in [0.3, 0.4) is 0 Å². The minimum absolute atomic E-state index is 0.161. The van der Waals surface area contributed by atoms with Gasteiger partial charge >= 0.3 is 0 Å². The summed E-state index contributed by atoms with van der Waals surface area (Å²) in [4.78, 5) is 0. The Morgan fingerprint density at radius 2 is 1.58 bits per heavy atom. The van der Waals surface area contributed by atoms with Crippen LogP contribution in [0.2, 0.25) is 0 Å².